The first-order valence-corrected chi connectivity index (χ1v) is 8.74. The van der Waals surface area contributed by atoms with Crippen molar-refractivity contribution in [3.8, 4) is 23.0 Å². The van der Waals surface area contributed by atoms with E-state index >= 15 is 0 Å². The van der Waals surface area contributed by atoms with Gasteiger partial charge in [0.1, 0.15) is 11.5 Å². The minimum atomic E-state index is -0.203. The first-order valence-electron chi connectivity index (χ1n) is 7.95. The number of nitrogen functional groups attached to an aromatic ring is 1. The minimum Gasteiger partial charge on any atom is -0.496 e. The minimum absolute atomic E-state index is 0.164. The Labute approximate surface area is 159 Å². The molecule has 0 unspecified atom stereocenters. The van der Waals surface area contributed by atoms with Crippen LogP contribution < -0.4 is 24.7 Å². The van der Waals surface area contributed by atoms with Crippen LogP contribution in [0.25, 0.3) is 6.08 Å². The summed E-state index contributed by atoms with van der Waals surface area (Å²) in [4.78, 5) is 12.7. The Morgan fingerprint density at radius 2 is 1.96 bits per heavy atom. The Bertz CT molecular complexity index is 878. The van der Waals surface area contributed by atoms with Crippen molar-refractivity contribution in [1.29, 1.82) is 0 Å². The van der Waals surface area contributed by atoms with Crippen LogP contribution >= 0.6 is 15.9 Å². The highest BCUT2D eigenvalue weighted by Crippen LogP contribution is 2.39. The summed E-state index contributed by atoms with van der Waals surface area (Å²) in [6.45, 7) is 2.49. The van der Waals surface area contributed by atoms with E-state index in [1.807, 2.05) is 6.92 Å². The molecule has 26 heavy (non-hydrogen) atoms. The molecule has 0 aromatic heterocycles. The van der Waals surface area contributed by atoms with Gasteiger partial charge in [0.15, 0.2) is 17.3 Å². The van der Waals surface area contributed by atoms with Crippen LogP contribution in [0.3, 0.4) is 0 Å². The fourth-order valence-corrected chi connectivity index (χ4v) is 3.00. The number of allylic oxidation sites excluding steroid dienone is 1. The van der Waals surface area contributed by atoms with E-state index in [-0.39, 0.29) is 12.6 Å². The molecule has 2 aromatic rings. The SMILES string of the molecule is CCOc1cc(C(=O)/C(Br)=C\c2cc3c(cc2OC)OCO3)ccc1N. The van der Waals surface area contributed by atoms with Crippen LogP contribution in [0.15, 0.2) is 34.8 Å². The van der Waals surface area contributed by atoms with Gasteiger partial charge in [-0.1, -0.05) is 0 Å². The highest BCUT2D eigenvalue weighted by molar-refractivity contribution is 9.12. The number of rotatable bonds is 6. The van der Waals surface area contributed by atoms with E-state index in [9.17, 15) is 4.79 Å². The number of methoxy groups -OCH3 is 1. The molecule has 3 rings (SSSR count). The number of hydrogen-bond donors (Lipinski definition) is 1. The zero-order valence-corrected chi connectivity index (χ0v) is 16.0. The molecule has 2 N–H and O–H groups in total. The van der Waals surface area contributed by atoms with E-state index in [0.717, 1.165) is 0 Å². The van der Waals surface area contributed by atoms with Crippen LogP contribution in [0.2, 0.25) is 0 Å². The second kappa shape index (κ2) is 7.70. The first-order chi connectivity index (χ1) is 12.5. The first kappa shape index (κ1) is 18.1. The lowest BCUT2D eigenvalue weighted by Crippen LogP contribution is -2.03. The van der Waals surface area contributed by atoms with E-state index in [1.165, 1.54) is 0 Å². The number of hydrogen-bond acceptors (Lipinski definition) is 6. The van der Waals surface area contributed by atoms with Crippen molar-refractivity contribution in [2.24, 2.45) is 0 Å². The Balaban J connectivity index is 1.93. The highest BCUT2D eigenvalue weighted by atomic mass is 79.9. The molecule has 136 valence electrons. The fourth-order valence-electron chi connectivity index (χ4n) is 2.52. The average molecular weight is 420 g/mol. The van der Waals surface area contributed by atoms with Crippen LogP contribution in [-0.2, 0) is 0 Å². The summed E-state index contributed by atoms with van der Waals surface area (Å²) in [5, 5.41) is 0. The number of ketones is 1. The Morgan fingerprint density at radius 1 is 1.23 bits per heavy atom. The molecule has 0 radical (unpaired) electrons. The number of carbonyl (C=O) groups is 1. The third kappa shape index (κ3) is 3.62. The number of carbonyl (C=O) groups excluding carboxylic acids is 1. The second-order valence-corrected chi connectivity index (χ2v) is 6.31. The van der Waals surface area contributed by atoms with Gasteiger partial charge in [0.25, 0.3) is 0 Å². The molecule has 7 heteroatoms. The molecule has 1 aliphatic rings. The van der Waals surface area contributed by atoms with Gasteiger partial charge in [-0.3, -0.25) is 4.79 Å². The number of benzene rings is 2. The molecule has 0 spiro atoms. The number of fused-ring (bicyclic) bond motifs is 1. The van der Waals surface area contributed by atoms with E-state index < -0.39 is 0 Å². The van der Waals surface area contributed by atoms with Gasteiger partial charge < -0.3 is 24.7 Å². The average Bonchev–Trinajstić information content (AvgIpc) is 3.09. The second-order valence-electron chi connectivity index (χ2n) is 5.45. The van der Waals surface area contributed by atoms with Crippen LogP contribution in [0, 0.1) is 0 Å². The fraction of sp³-hybridized carbons (Fsp3) is 0.211. The number of Topliss-reactive ketones (excluding diaryl/α,β-unsaturated/α-hetero) is 1. The normalized spacial score (nSPS) is 12.8. The molecule has 0 amide bonds. The zero-order valence-electron chi connectivity index (χ0n) is 14.4. The number of halogens is 1. The molecule has 2 aromatic carbocycles. The van der Waals surface area contributed by atoms with E-state index in [2.05, 4.69) is 15.9 Å². The largest absolute Gasteiger partial charge is 0.496 e. The summed E-state index contributed by atoms with van der Waals surface area (Å²) >= 11 is 3.35. The maximum Gasteiger partial charge on any atom is 0.231 e. The van der Waals surface area contributed by atoms with Crippen molar-refractivity contribution in [2.45, 2.75) is 6.92 Å². The maximum atomic E-state index is 12.7. The van der Waals surface area contributed by atoms with E-state index in [4.69, 9.17) is 24.7 Å². The Hall–Kier alpha value is -2.67. The van der Waals surface area contributed by atoms with Gasteiger partial charge in [0.05, 0.1) is 23.9 Å². The van der Waals surface area contributed by atoms with Crippen LogP contribution in [-0.4, -0.2) is 26.3 Å². The Morgan fingerprint density at radius 3 is 2.65 bits per heavy atom. The van der Waals surface area contributed by atoms with Gasteiger partial charge in [-0.05, 0) is 53.2 Å². The van der Waals surface area contributed by atoms with Gasteiger partial charge in [0, 0.05) is 17.2 Å². The molecule has 0 saturated carbocycles. The maximum absolute atomic E-state index is 12.7. The molecule has 0 atom stereocenters. The van der Waals surface area contributed by atoms with Crippen molar-refractivity contribution < 1.29 is 23.7 Å². The quantitative estimate of drug-likeness (QED) is 0.432. The van der Waals surface area contributed by atoms with Crippen molar-refractivity contribution in [2.75, 3.05) is 26.2 Å². The van der Waals surface area contributed by atoms with Gasteiger partial charge in [-0.2, -0.15) is 0 Å². The lowest BCUT2D eigenvalue weighted by molar-refractivity contribution is 0.104. The van der Waals surface area contributed by atoms with Gasteiger partial charge >= 0.3 is 0 Å². The number of anilines is 1. The molecule has 0 aliphatic carbocycles. The third-order valence-electron chi connectivity index (χ3n) is 3.80. The van der Waals surface area contributed by atoms with E-state index in [1.54, 1.807) is 43.5 Å². The number of ether oxygens (including phenoxy) is 4. The molecule has 0 fully saturated rings. The summed E-state index contributed by atoms with van der Waals surface area (Å²) in [5.41, 5.74) is 7.50. The molecular weight excluding hydrogens is 402 g/mol. The van der Waals surface area contributed by atoms with Gasteiger partial charge in [0.2, 0.25) is 6.79 Å². The summed E-state index contributed by atoms with van der Waals surface area (Å²) < 4.78 is 21.9. The summed E-state index contributed by atoms with van der Waals surface area (Å²) in [6.07, 6.45) is 1.68. The molecule has 1 heterocycles. The monoisotopic (exact) mass is 419 g/mol. The van der Waals surface area contributed by atoms with Crippen molar-refractivity contribution in [3.05, 3.63) is 45.9 Å². The summed E-state index contributed by atoms with van der Waals surface area (Å²) in [6, 6.07) is 8.44. The van der Waals surface area contributed by atoms with Crippen molar-refractivity contribution >= 4 is 33.5 Å². The van der Waals surface area contributed by atoms with Crippen LogP contribution in [0.5, 0.6) is 23.0 Å². The molecule has 0 bridgehead atoms. The van der Waals surface area contributed by atoms with Crippen molar-refractivity contribution in [3.63, 3.8) is 0 Å². The topological polar surface area (TPSA) is 80.0 Å². The Kier molecular flexibility index (Phi) is 5.37. The van der Waals surface area contributed by atoms with Crippen molar-refractivity contribution in [1.82, 2.24) is 0 Å². The molecule has 6 nitrogen and oxygen atoms in total. The zero-order chi connectivity index (χ0) is 18.7. The van der Waals surface area contributed by atoms with E-state index in [0.29, 0.717) is 50.9 Å². The lowest BCUT2D eigenvalue weighted by Gasteiger charge is -2.09. The van der Waals surface area contributed by atoms with Crippen LogP contribution in [0.4, 0.5) is 5.69 Å². The van der Waals surface area contributed by atoms with Gasteiger partial charge in [-0.15, -0.1) is 0 Å². The summed E-state index contributed by atoms with van der Waals surface area (Å²) in [5.74, 6) is 2.08. The van der Waals surface area contributed by atoms with Crippen LogP contribution in [0.1, 0.15) is 22.8 Å². The standard InChI is InChI=1S/C19H18BrNO5/c1-3-24-16-7-11(4-5-14(16)21)19(22)13(20)6-12-8-17-18(26-10-25-17)9-15(12)23-2/h4-9H,3,10,21H2,1-2H3/b13-6+. The smallest absolute Gasteiger partial charge is 0.231 e. The third-order valence-corrected chi connectivity index (χ3v) is 4.39. The molecular formula is C19H18BrNO5. The highest BCUT2D eigenvalue weighted by Gasteiger charge is 2.19. The predicted octanol–water partition coefficient (Wildman–Crippen LogP) is 4.02. The summed E-state index contributed by atoms with van der Waals surface area (Å²) in [7, 11) is 1.55. The van der Waals surface area contributed by atoms with Gasteiger partial charge in [-0.25, -0.2) is 0 Å². The molecule has 1 aliphatic heterocycles. The number of nitrogens with two attached hydrogens (primary N) is 1. The molecule has 0 saturated heterocycles. The predicted molar refractivity (Wildman–Crippen MR) is 102 cm³/mol. The lowest BCUT2D eigenvalue weighted by atomic mass is 10.1.